The first-order valence-corrected chi connectivity index (χ1v) is 10.7. The molecule has 0 aromatic heterocycles. The minimum absolute atomic E-state index is 0.364. The standard InChI is InChI=1S/C9H22O5Si2/c1-10-16(11-2,12-3)15-6-4-5-13-7-9-8-14-9/h9H,4-8,15H2,1-3H3. The highest BCUT2D eigenvalue weighted by Gasteiger charge is 2.36. The summed E-state index contributed by atoms with van der Waals surface area (Å²) in [5, 5.41) is 0. The second-order valence-corrected chi connectivity index (χ2v) is 11.7. The smallest absolute Gasteiger partial charge is 0.380 e. The maximum absolute atomic E-state index is 5.46. The van der Waals surface area contributed by atoms with Gasteiger partial charge in [0.2, 0.25) is 0 Å². The Labute approximate surface area is 100 Å². The van der Waals surface area contributed by atoms with Gasteiger partial charge in [-0.25, -0.2) is 0 Å². The number of hydrogen-bond acceptors (Lipinski definition) is 5. The topological polar surface area (TPSA) is 49.5 Å². The van der Waals surface area contributed by atoms with Crippen LogP contribution in [-0.4, -0.2) is 64.6 Å². The lowest BCUT2D eigenvalue weighted by Crippen LogP contribution is -2.49. The molecule has 96 valence electrons. The third-order valence-corrected chi connectivity index (χ3v) is 11.5. The van der Waals surface area contributed by atoms with E-state index in [0.717, 1.165) is 32.3 Å². The fourth-order valence-electron chi connectivity index (χ4n) is 1.48. The lowest BCUT2D eigenvalue weighted by Gasteiger charge is -2.24. The van der Waals surface area contributed by atoms with Gasteiger partial charge >= 0.3 is 8.32 Å². The van der Waals surface area contributed by atoms with Gasteiger partial charge in [-0.05, 0) is 6.42 Å². The number of hydrogen-bond donors (Lipinski definition) is 0. The third kappa shape index (κ3) is 5.04. The second-order valence-electron chi connectivity index (χ2n) is 3.78. The Bertz CT molecular complexity index is 176. The van der Waals surface area contributed by atoms with E-state index in [2.05, 4.69) is 0 Å². The Hall–Kier alpha value is 0.234. The van der Waals surface area contributed by atoms with Gasteiger partial charge in [-0.15, -0.1) is 0 Å². The Morgan fingerprint density at radius 2 is 1.88 bits per heavy atom. The molecular weight excluding hydrogens is 244 g/mol. The van der Waals surface area contributed by atoms with Crippen molar-refractivity contribution in [1.29, 1.82) is 0 Å². The molecule has 0 spiro atoms. The van der Waals surface area contributed by atoms with Gasteiger partial charge in [0.05, 0.1) is 13.2 Å². The summed E-state index contributed by atoms with van der Waals surface area (Å²) in [4.78, 5) is 0. The third-order valence-electron chi connectivity index (χ3n) is 2.66. The summed E-state index contributed by atoms with van der Waals surface area (Å²) in [6.45, 7) is 2.40. The van der Waals surface area contributed by atoms with E-state index in [1.54, 1.807) is 21.3 Å². The van der Waals surface area contributed by atoms with Crippen molar-refractivity contribution in [3.63, 3.8) is 0 Å². The van der Waals surface area contributed by atoms with Crippen LogP contribution in [0.5, 0.6) is 0 Å². The first kappa shape index (κ1) is 14.3. The van der Waals surface area contributed by atoms with E-state index in [9.17, 15) is 0 Å². The van der Waals surface area contributed by atoms with Gasteiger partial charge in [0.25, 0.3) is 0 Å². The molecule has 0 N–H and O–H groups in total. The highest BCUT2D eigenvalue weighted by atomic mass is 29.2. The Morgan fingerprint density at radius 1 is 1.25 bits per heavy atom. The van der Waals surface area contributed by atoms with Gasteiger partial charge < -0.3 is 22.8 Å². The molecule has 1 saturated heterocycles. The molecule has 1 atom stereocenters. The molecule has 1 aliphatic heterocycles. The second kappa shape index (κ2) is 7.54. The molecule has 1 heterocycles. The molecule has 0 saturated carbocycles. The zero-order chi connectivity index (χ0) is 11.9. The zero-order valence-corrected chi connectivity index (χ0v) is 12.8. The molecule has 16 heavy (non-hydrogen) atoms. The highest BCUT2D eigenvalue weighted by molar-refractivity contribution is 7.14. The predicted octanol–water partition coefficient (Wildman–Crippen LogP) is -0.246. The summed E-state index contributed by atoms with van der Waals surface area (Å²) in [5.74, 6) is 0. The van der Waals surface area contributed by atoms with Crippen LogP contribution in [0.25, 0.3) is 0 Å². The molecule has 0 aliphatic carbocycles. The summed E-state index contributed by atoms with van der Waals surface area (Å²) >= 11 is 0. The van der Waals surface area contributed by atoms with Gasteiger partial charge in [0.15, 0.2) is 0 Å². The zero-order valence-electron chi connectivity index (χ0n) is 10.4. The first-order valence-electron chi connectivity index (χ1n) is 5.61. The van der Waals surface area contributed by atoms with Crippen LogP contribution in [-0.2, 0) is 22.8 Å². The maximum Gasteiger partial charge on any atom is 0.461 e. The molecule has 0 aromatic carbocycles. The average molecular weight is 266 g/mol. The number of epoxide rings is 1. The van der Waals surface area contributed by atoms with Crippen LogP contribution >= 0.6 is 0 Å². The fourth-order valence-corrected chi connectivity index (χ4v) is 7.37. The molecule has 1 aliphatic rings. The number of ether oxygens (including phenoxy) is 2. The molecule has 0 amide bonds. The van der Waals surface area contributed by atoms with Crippen molar-refractivity contribution in [2.45, 2.75) is 18.6 Å². The van der Waals surface area contributed by atoms with E-state index in [0.29, 0.717) is 6.10 Å². The van der Waals surface area contributed by atoms with Gasteiger partial charge in [0.1, 0.15) is 15.1 Å². The molecular formula is C9H22O5Si2. The molecule has 1 fully saturated rings. The van der Waals surface area contributed by atoms with Crippen LogP contribution < -0.4 is 0 Å². The lowest BCUT2D eigenvalue weighted by molar-refractivity contribution is 0.116. The minimum atomic E-state index is -2.23. The van der Waals surface area contributed by atoms with Gasteiger partial charge in [-0.3, -0.25) is 0 Å². The van der Waals surface area contributed by atoms with E-state index in [-0.39, 0.29) is 0 Å². The van der Waals surface area contributed by atoms with Gasteiger partial charge in [0, 0.05) is 27.9 Å². The van der Waals surface area contributed by atoms with Gasteiger partial charge in [-0.1, -0.05) is 6.04 Å². The molecule has 1 unspecified atom stereocenters. The summed E-state index contributed by atoms with van der Waals surface area (Å²) in [5.41, 5.74) is 0. The maximum atomic E-state index is 5.46. The molecule has 5 nitrogen and oxygen atoms in total. The summed E-state index contributed by atoms with van der Waals surface area (Å²) in [6.07, 6.45) is 1.42. The van der Waals surface area contributed by atoms with Crippen molar-refractivity contribution >= 4 is 17.4 Å². The van der Waals surface area contributed by atoms with E-state index in [1.165, 1.54) is 0 Å². The van der Waals surface area contributed by atoms with Crippen LogP contribution in [0.1, 0.15) is 6.42 Å². The van der Waals surface area contributed by atoms with Crippen molar-refractivity contribution in [1.82, 2.24) is 0 Å². The highest BCUT2D eigenvalue weighted by Crippen LogP contribution is 2.10. The van der Waals surface area contributed by atoms with E-state index >= 15 is 0 Å². The molecule has 1 rings (SSSR count). The molecule has 0 bridgehead atoms. The summed E-state index contributed by atoms with van der Waals surface area (Å²) in [6, 6.07) is 1.13. The van der Waals surface area contributed by atoms with Gasteiger partial charge in [-0.2, -0.15) is 0 Å². The van der Waals surface area contributed by atoms with Crippen LogP contribution in [0.3, 0.4) is 0 Å². The Kier molecular flexibility index (Phi) is 6.74. The monoisotopic (exact) mass is 266 g/mol. The fraction of sp³-hybridized carbons (Fsp3) is 1.00. The van der Waals surface area contributed by atoms with Crippen molar-refractivity contribution < 1.29 is 22.8 Å². The SMILES string of the molecule is CO[Si](OC)(OC)[SiH2]CCCOCC1CO1. The average Bonchev–Trinajstić information content (AvgIpc) is 3.13. The summed E-state index contributed by atoms with van der Waals surface area (Å²) in [7, 11) is 2.34. The summed E-state index contributed by atoms with van der Waals surface area (Å²) < 4.78 is 26.7. The lowest BCUT2D eigenvalue weighted by atomic mass is 10.5. The van der Waals surface area contributed by atoms with Crippen molar-refractivity contribution in [3.05, 3.63) is 0 Å². The van der Waals surface area contributed by atoms with Crippen molar-refractivity contribution in [3.8, 4) is 0 Å². The minimum Gasteiger partial charge on any atom is -0.380 e. The first-order chi connectivity index (χ1) is 7.76. The molecule has 0 radical (unpaired) electrons. The van der Waals surface area contributed by atoms with E-state index < -0.39 is 17.4 Å². The van der Waals surface area contributed by atoms with Crippen molar-refractivity contribution in [2.24, 2.45) is 0 Å². The van der Waals surface area contributed by atoms with Crippen LogP contribution in [0.4, 0.5) is 0 Å². The predicted molar refractivity (Wildman–Crippen MR) is 65.3 cm³/mol. The van der Waals surface area contributed by atoms with Crippen LogP contribution in [0.15, 0.2) is 0 Å². The Balaban J connectivity index is 1.98. The number of rotatable bonds is 10. The quantitative estimate of drug-likeness (QED) is 0.310. The largest absolute Gasteiger partial charge is 0.461 e. The van der Waals surface area contributed by atoms with Crippen LogP contribution in [0, 0.1) is 0 Å². The molecule has 7 heteroatoms. The Morgan fingerprint density at radius 3 is 2.38 bits per heavy atom. The van der Waals surface area contributed by atoms with Crippen LogP contribution in [0.2, 0.25) is 6.04 Å². The van der Waals surface area contributed by atoms with E-state index in [1.807, 2.05) is 0 Å². The van der Waals surface area contributed by atoms with Crippen molar-refractivity contribution in [2.75, 3.05) is 41.2 Å². The van der Waals surface area contributed by atoms with E-state index in [4.69, 9.17) is 22.8 Å². The molecule has 0 aromatic rings. The normalized spacial score (nSPS) is 20.8.